The largest absolute Gasteiger partial charge is 0.422 e. The van der Waals surface area contributed by atoms with E-state index in [9.17, 15) is 4.79 Å². The summed E-state index contributed by atoms with van der Waals surface area (Å²) in [4.78, 5) is 16.7. The highest BCUT2D eigenvalue weighted by molar-refractivity contribution is 7.21. The maximum atomic E-state index is 12.2. The van der Waals surface area contributed by atoms with Crippen molar-refractivity contribution in [2.24, 2.45) is 0 Å². The van der Waals surface area contributed by atoms with E-state index in [0.29, 0.717) is 16.2 Å². The Morgan fingerprint density at radius 3 is 2.86 bits per heavy atom. The molecule has 0 N–H and O–H groups in total. The van der Waals surface area contributed by atoms with E-state index in [4.69, 9.17) is 4.42 Å². The van der Waals surface area contributed by atoms with E-state index < -0.39 is 0 Å². The van der Waals surface area contributed by atoms with Crippen molar-refractivity contribution in [2.45, 2.75) is 6.92 Å². The Morgan fingerprint density at radius 1 is 1.10 bits per heavy atom. The molecule has 2 aromatic heterocycles. The third kappa shape index (κ3) is 2.04. The third-order valence-electron chi connectivity index (χ3n) is 3.41. The second kappa shape index (κ2) is 4.53. The molecule has 0 atom stereocenters. The Balaban J connectivity index is 1.99. The molecule has 4 rings (SSSR count). The first-order chi connectivity index (χ1) is 10.2. The minimum atomic E-state index is -0.343. The molecule has 21 heavy (non-hydrogen) atoms. The van der Waals surface area contributed by atoms with Crippen molar-refractivity contribution in [3.8, 4) is 10.6 Å². The molecule has 4 aromatic rings. The molecule has 0 radical (unpaired) electrons. The number of thiazole rings is 1. The van der Waals surface area contributed by atoms with Crippen molar-refractivity contribution < 1.29 is 4.42 Å². The van der Waals surface area contributed by atoms with Crippen LogP contribution in [0.2, 0.25) is 0 Å². The summed E-state index contributed by atoms with van der Waals surface area (Å²) >= 11 is 1.51. The van der Waals surface area contributed by atoms with Crippen LogP contribution in [0.3, 0.4) is 0 Å². The molecule has 4 heteroatoms. The highest BCUT2D eigenvalue weighted by Gasteiger charge is 2.12. The Labute approximate surface area is 124 Å². The Kier molecular flexibility index (Phi) is 2.65. The number of fused-ring (bicyclic) bond motifs is 2. The number of rotatable bonds is 1. The summed E-state index contributed by atoms with van der Waals surface area (Å²) in [6.45, 7) is 2.03. The highest BCUT2D eigenvalue weighted by atomic mass is 32.1. The number of hydrogen-bond donors (Lipinski definition) is 0. The third-order valence-corrected chi connectivity index (χ3v) is 4.48. The maximum Gasteiger partial charge on any atom is 0.346 e. The van der Waals surface area contributed by atoms with Gasteiger partial charge in [0.15, 0.2) is 0 Å². The van der Waals surface area contributed by atoms with Gasteiger partial charge in [0, 0.05) is 5.39 Å². The van der Waals surface area contributed by atoms with E-state index in [-0.39, 0.29) is 5.63 Å². The lowest BCUT2D eigenvalue weighted by Crippen LogP contribution is -2.02. The predicted octanol–water partition coefficient (Wildman–Crippen LogP) is 4.38. The summed E-state index contributed by atoms with van der Waals surface area (Å²) < 4.78 is 6.45. The van der Waals surface area contributed by atoms with E-state index in [2.05, 4.69) is 4.98 Å². The number of aryl methyl sites for hydroxylation is 1. The van der Waals surface area contributed by atoms with Crippen LogP contribution in [-0.2, 0) is 0 Å². The fourth-order valence-corrected chi connectivity index (χ4v) is 3.31. The first-order valence-corrected chi connectivity index (χ1v) is 7.43. The van der Waals surface area contributed by atoms with Gasteiger partial charge in [-0.2, -0.15) is 0 Å². The number of aromatic nitrogens is 1. The van der Waals surface area contributed by atoms with Gasteiger partial charge in [0.2, 0.25) is 0 Å². The molecule has 0 fully saturated rings. The molecule has 2 heterocycles. The molecular weight excluding hydrogens is 282 g/mol. The zero-order chi connectivity index (χ0) is 14.4. The summed E-state index contributed by atoms with van der Waals surface area (Å²) in [6, 6.07) is 15.5. The second-order valence-corrected chi connectivity index (χ2v) is 6.01. The molecule has 2 aromatic carbocycles. The smallest absolute Gasteiger partial charge is 0.346 e. The lowest BCUT2D eigenvalue weighted by molar-refractivity contribution is 0.563. The van der Waals surface area contributed by atoms with Gasteiger partial charge in [-0.1, -0.05) is 24.3 Å². The van der Waals surface area contributed by atoms with E-state index in [0.717, 1.165) is 21.2 Å². The molecule has 0 unspecified atom stereocenters. The maximum absolute atomic E-state index is 12.2. The van der Waals surface area contributed by atoms with Crippen LogP contribution in [-0.4, -0.2) is 4.98 Å². The Hall–Kier alpha value is -2.46. The quantitative estimate of drug-likeness (QED) is 0.489. The van der Waals surface area contributed by atoms with Crippen molar-refractivity contribution in [3.63, 3.8) is 0 Å². The summed E-state index contributed by atoms with van der Waals surface area (Å²) in [6.07, 6.45) is 0. The van der Waals surface area contributed by atoms with Gasteiger partial charge in [0.25, 0.3) is 0 Å². The lowest BCUT2D eigenvalue weighted by atomic mass is 10.2. The number of benzene rings is 2. The van der Waals surface area contributed by atoms with Crippen LogP contribution < -0.4 is 5.63 Å². The summed E-state index contributed by atoms with van der Waals surface area (Å²) in [5.74, 6) is 0. The molecule has 0 aliphatic rings. The fourth-order valence-electron chi connectivity index (χ4n) is 2.36. The number of para-hydroxylation sites is 1. The molecule has 0 aliphatic carbocycles. The van der Waals surface area contributed by atoms with Crippen LogP contribution in [0.15, 0.2) is 57.7 Å². The topological polar surface area (TPSA) is 43.1 Å². The fraction of sp³-hybridized carbons (Fsp3) is 0.0588. The minimum absolute atomic E-state index is 0.343. The summed E-state index contributed by atoms with van der Waals surface area (Å²) in [5.41, 5.74) is 2.85. The summed E-state index contributed by atoms with van der Waals surface area (Å²) in [5, 5.41) is 1.61. The van der Waals surface area contributed by atoms with Crippen LogP contribution in [0.1, 0.15) is 5.56 Å². The van der Waals surface area contributed by atoms with Crippen molar-refractivity contribution >= 4 is 32.5 Å². The number of nitrogens with zero attached hydrogens (tertiary/aromatic N) is 1. The van der Waals surface area contributed by atoms with Gasteiger partial charge < -0.3 is 4.42 Å². The van der Waals surface area contributed by atoms with Gasteiger partial charge in [-0.25, -0.2) is 9.78 Å². The van der Waals surface area contributed by atoms with E-state index >= 15 is 0 Å². The molecule has 0 aliphatic heterocycles. The number of hydrogen-bond acceptors (Lipinski definition) is 4. The molecule has 0 amide bonds. The highest BCUT2D eigenvalue weighted by Crippen LogP contribution is 2.30. The van der Waals surface area contributed by atoms with Crippen molar-refractivity contribution in [2.75, 3.05) is 0 Å². The van der Waals surface area contributed by atoms with Crippen molar-refractivity contribution in [3.05, 3.63) is 64.5 Å². The predicted molar refractivity (Wildman–Crippen MR) is 85.8 cm³/mol. The van der Waals surface area contributed by atoms with E-state index in [1.54, 1.807) is 6.07 Å². The lowest BCUT2D eigenvalue weighted by Gasteiger charge is -1.98. The van der Waals surface area contributed by atoms with E-state index in [1.807, 2.05) is 49.4 Å². The van der Waals surface area contributed by atoms with Crippen molar-refractivity contribution in [1.29, 1.82) is 0 Å². The molecular formula is C17H11NO2S. The standard InChI is InChI=1S/C17H11NO2S/c1-10-6-7-15-13(8-10)18-16(21-15)12-9-11-4-2-3-5-14(11)20-17(12)19/h2-9H,1H3. The first kappa shape index (κ1) is 12.3. The average Bonchev–Trinajstić information content (AvgIpc) is 2.89. The normalized spacial score (nSPS) is 11.3. The monoisotopic (exact) mass is 293 g/mol. The SMILES string of the molecule is Cc1ccc2sc(-c3cc4ccccc4oc3=O)nc2c1. The van der Waals surface area contributed by atoms with Gasteiger partial charge in [-0.15, -0.1) is 11.3 Å². The molecule has 0 bridgehead atoms. The summed E-state index contributed by atoms with van der Waals surface area (Å²) in [7, 11) is 0. The van der Waals surface area contributed by atoms with Gasteiger partial charge in [-0.05, 0) is 36.8 Å². The molecule has 0 saturated heterocycles. The first-order valence-electron chi connectivity index (χ1n) is 6.61. The van der Waals surface area contributed by atoms with Gasteiger partial charge in [-0.3, -0.25) is 0 Å². The minimum Gasteiger partial charge on any atom is -0.422 e. The van der Waals surface area contributed by atoms with Gasteiger partial charge in [0.1, 0.15) is 10.6 Å². The van der Waals surface area contributed by atoms with Crippen LogP contribution in [0.25, 0.3) is 31.8 Å². The van der Waals surface area contributed by atoms with Gasteiger partial charge >= 0.3 is 5.63 Å². The zero-order valence-corrected chi connectivity index (χ0v) is 12.1. The van der Waals surface area contributed by atoms with Crippen LogP contribution in [0.5, 0.6) is 0 Å². The Bertz CT molecular complexity index is 1030. The van der Waals surface area contributed by atoms with Crippen LogP contribution >= 0.6 is 11.3 Å². The van der Waals surface area contributed by atoms with Crippen molar-refractivity contribution in [1.82, 2.24) is 4.98 Å². The second-order valence-electron chi connectivity index (χ2n) is 4.98. The molecule has 3 nitrogen and oxygen atoms in total. The van der Waals surface area contributed by atoms with Crippen LogP contribution in [0.4, 0.5) is 0 Å². The Morgan fingerprint density at radius 2 is 1.95 bits per heavy atom. The zero-order valence-electron chi connectivity index (χ0n) is 11.3. The van der Waals surface area contributed by atoms with E-state index in [1.165, 1.54) is 11.3 Å². The molecule has 0 saturated carbocycles. The van der Waals surface area contributed by atoms with Gasteiger partial charge in [0.05, 0.1) is 15.8 Å². The molecule has 102 valence electrons. The van der Waals surface area contributed by atoms with Crippen LogP contribution in [0, 0.1) is 6.92 Å². The molecule has 0 spiro atoms. The average molecular weight is 293 g/mol.